The van der Waals surface area contributed by atoms with Gasteiger partial charge in [0, 0.05) is 12.5 Å². The van der Waals surface area contributed by atoms with Crippen LogP contribution in [0.5, 0.6) is 0 Å². The molecule has 84 valence electrons. The average molecular weight is 210 g/mol. The zero-order valence-corrected chi connectivity index (χ0v) is 9.19. The van der Waals surface area contributed by atoms with Crippen molar-refractivity contribution < 1.29 is 9.21 Å². The molecule has 1 rings (SSSR count). The fourth-order valence-electron chi connectivity index (χ4n) is 1.28. The predicted molar refractivity (Wildman–Crippen MR) is 58.1 cm³/mol. The minimum absolute atomic E-state index is 0.0104. The summed E-state index contributed by atoms with van der Waals surface area (Å²) in [4.78, 5) is 11.4. The van der Waals surface area contributed by atoms with Gasteiger partial charge in [-0.05, 0) is 32.4 Å². The maximum atomic E-state index is 11.4. The molecule has 0 aliphatic rings. The van der Waals surface area contributed by atoms with Crippen LogP contribution in [0.15, 0.2) is 22.8 Å². The lowest BCUT2D eigenvalue weighted by molar-refractivity contribution is -0.122. The molecular weight excluding hydrogens is 192 g/mol. The van der Waals surface area contributed by atoms with Gasteiger partial charge in [0.2, 0.25) is 5.91 Å². The van der Waals surface area contributed by atoms with Crippen LogP contribution in [0.4, 0.5) is 0 Å². The van der Waals surface area contributed by atoms with Crippen LogP contribution in [-0.4, -0.2) is 11.9 Å². The summed E-state index contributed by atoms with van der Waals surface area (Å²) in [5.74, 6) is 0.778. The van der Waals surface area contributed by atoms with Gasteiger partial charge in [0.1, 0.15) is 5.76 Å². The lowest BCUT2D eigenvalue weighted by Crippen LogP contribution is -2.28. The minimum atomic E-state index is -0.0828. The number of hydrogen-bond acceptors (Lipinski definition) is 3. The molecule has 0 bridgehead atoms. The van der Waals surface area contributed by atoms with Gasteiger partial charge in [-0.1, -0.05) is 0 Å². The fraction of sp³-hybridized carbons (Fsp3) is 0.545. The van der Waals surface area contributed by atoms with Crippen molar-refractivity contribution in [2.24, 2.45) is 5.73 Å². The second-order valence-electron chi connectivity index (χ2n) is 3.82. The van der Waals surface area contributed by atoms with E-state index in [-0.39, 0.29) is 18.0 Å². The zero-order valence-electron chi connectivity index (χ0n) is 9.19. The van der Waals surface area contributed by atoms with Crippen molar-refractivity contribution in [3.05, 3.63) is 24.2 Å². The Morgan fingerprint density at radius 3 is 2.87 bits per heavy atom. The van der Waals surface area contributed by atoms with E-state index in [0.717, 1.165) is 5.76 Å². The largest absolute Gasteiger partial charge is 0.467 e. The van der Waals surface area contributed by atoms with E-state index in [1.165, 1.54) is 0 Å². The molecule has 0 aliphatic heterocycles. The maximum Gasteiger partial charge on any atom is 0.220 e. The van der Waals surface area contributed by atoms with Crippen LogP contribution in [0.2, 0.25) is 0 Å². The Hall–Kier alpha value is -1.29. The number of furan rings is 1. The first kappa shape index (κ1) is 11.8. The Morgan fingerprint density at radius 2 is 2.33 bits per heavy atom. The predicted octanol–water partition coefficient (Wildman–Crippen LogP) is 1.58. The van der Waals surface area contributed by atoms with Gasteiger partial charge in [0.25, 0.3) is 0 Å². The highest BCUT2D eigenvalue weighted by Crippen LogP contribution is 2.12. The first-order valence-corrected chi connectivity index (χ1v) is 5.18. The van der Waals surface area contributed by atoms with Crippen LogP contribution >= 0.6 is 0 Å². The molecule has 1 aromatic rings. The number of carbonyl (C=O) groups excluding carboxylic acids is 1. The molecule has 1 amide bonds. The summed E-state index contributed by atoms with van der Waals surface area (Å²) in [5, 5.41) is 2.85. The van der Waals surface area contributed by atoms with E-state index >= 15 is 0 Å². The Kier molecular flexibility index (Phi) is 4.37. The van der Waals surface area contributed by atoms with E-state index in [0.29, 0.717) is 12.8 Å². The number of nitrogens with two attached hydrogens (primary N) is 1. The number of carbonyl (C=O) groups is 1. The van der Waals surface area contributed by atoms with Crippen molar-refractivity contribution in [3.63, 3.8) is 0 Å². The van der Waals surface area contributed by atoms with Gasteiger partial charge in [-0.15, -0.1) is 0 Å². The van der Waals surface area contributed by atoms with Gasteiger partial charge < -0.3 is 15.5 Å². The zero-order chi connectivity index (χ0) is 11.3. The van der Waals surface area contributed by atoms with E-state index in [2.05, 4.69) is 5.32 Å². The highest BCUT2D eigenvalue weighted by Gasteiger charge is 2.11. The molecule has 4 heteroatoms. The van der Waals surface area contributed by atoms with Gasteiger partial charge in [-0.2, -0.15) is 0 Å². The highest BCUT2D eigenvalue weighted by molar-refractivity contribution is 5.76. The van der Waals surface area contributed by atoms with Crippen LogP contribution in [0.25, 0.3) is 0 Å². The smallest absolute Gasteiger partial charge is 0.220 e. The van der Waals surface area contributed by atoms with Crippen LogP contribution in [0.3, 0.4) is 0 Å². The van der Waals surface area contributed by atoms with E-state index in [4.69, 9.17) is 10.2 Å². The molecule has 1 aromatic heterocycles. The molecule has 0 saturated carbocycles. The third kappa shape index (κ3) is 4.16. The number of amides is 1. The van der Waals surface area contributed by atoms with Crippen molar-refractivity contribution in [2.45, 2.75) is 38.8 Å². The summed E-state index contributed by atoms with van der Waals surface area (Å²) in [5.41, 5.74) is 5.57. The Labute approximate surface area is 89.8 Å². The van der Waals surface area contributed by atoms with E-state index in [9.17, 15) is 4.79 Å². The molecule has 2 atom stereocenters. The molecule has 0 spiro atoms. The van der Waals surface area contributed by atoms with Crippen LogP contribution in [0.1, 0.15) is 38.5 Å². The summed E-state index contributed by atoms with van der Waals surface area (Å²) >= 11 is 0. The van der Waals surface area contributed by atoms with Gasteiger partial charge in [-0.3, -0.25) is 4.79 Å². The topological polar surface area (TPSA) is 68.3 Å². The normalized spacial score (nSPS) is 14.6. The first-order valence-electron chi connectivity index (χ1n) is 5.18. The quantitative estimate of drug-likeness (QED) is 0.775. The molecule has 0 saturated heterocycles. The SMILES string of the molecule is CC(N)CCC(=O)NC(C)c1ccco1. The third-order valence-corrected chi connectivity index (χ3v) is 2.17. The van der Waals surface area contributed by atoms with Crippen molar-refractivity contribution in [2.75, 3.05) is 0 Å². The summed E-state index contributed by atoms with van der Waals surface area (Å²) < 4.78 is 5.18. The molecule has 0 fully saturated rings. The van der Waals surface area contributed by atoms with Crippen molar-refractivity contribution in [1.29, 1.82) is 0 Å². The molecule has 2 unspecified atom stereocenters. The standard InChI is InChI=1S/C11H18N2O2/c1-8(12)5-6-11(14)13-9(2)10-4-3-7-15-10/h3-4,7-9H,5-6,12H2,1-2H3,(H,13,14). The van der Waals surface area contributed by atoms with Gasteiger partial charge >= 0.3 is 0 Å². The third-order valence-electron chi connectivity index (χ3n) is 2.17. The lowest BCUT2D eigenvalue weighted by Gasteiger charge is -2.11. The minimum Gasteiger partial charge on any atom is -0.467 e. The molecule has 15 heavy (non-hydrogen) atoms. The monoisotopic (exact) mass is 210 g/mol. The molecule has 3 N–H and O–H groups in total. The van der Waals surface area contributed by atoms with Crippen molar-refractivity contribution >= 4 is 5.91 Å². The van der Waals surface area contributed by atoms with E-state index < -0.39 is 0 Å². The number of hydrogen-bond donors (Lipinski definition) is 2. The lowest BCUT2D eigenvalue weighted by atomic mass is 10.2. The second-order valence-corrected chi connectivity index (χ2v) is 3.82. The van der Waals surface area contributed by atoms with Gasteiger partial charge in [0.15, 0.2) is 0 Å². The van der Waals surface area contributed by atoms with Crippen LogP contribution in [0, 0.1) is 0 Å². The first-order chi connectivity index (χ1) is 7.09. The molecular formula is C11H18N2O2. The Balaban J connectivity index is 2.32. The van der Waals surface area contributed by atoms with Crippen molar-refractivity contribution in [3.8, 4) is 0 Å². The van der Waals surface area contributed by atoms with E-state index in [1.807, 2.05) is 19.9 Å². The summed E-state index contributed by atoms with van der Waals surface area (Å²) in [6, 6.07) is 3.63. The Bertz CT molecular complexity index is 294. The fourth-order valence-corrected chi connectivity index (χ4v) is 1.28. The molecule has 4 nitrogen and oxygen atoms in total. The summed E-state index contributed by atoms with van der Waals surface area (Å²) in [6.07, 6.45) is 2.76. The maximum absolute atomic E-state index is 11.4. The summed E-state index contributed by atoms with van der Waals surface area (Å²) in [7, 11) is 0. The number of rotatable bonds is 5. The molecule has 1 heterocycles. The van der Waals surface area contributed by atoms with Crippen LogP contribution < -0.4 is 11.1 Å². The Morgan fingerprint density at radius 1 is 1.60 bits per heavy atom. The average Bonchev–Trinajstić information content (AvgIpc) is 2.67. The number of nitrogens with one attached hydrogen (secondary N) is 1. The molecule has 0 radical (unpaired) electrons. The molecule has 0 aromatic carbocycles. The summed E-state index contributed by atoms with van der Waals surface area (Å²) in [6.45, 7) is 3.78. The molecule has 0 aliphatic carbocycles. The van der Waals surface area contributed by atoms with E-state index in [1.54, 1.807) is 12.3 Å². The van der Waals surface area contributed by atoms with Crippen molar-refractivity contribution in [1.82, 2.24) is 5.32 Å². The highest BCUT2D eigenvalue weighted by atomic mass is 16.3. The van der Waals surface area contributed by atoms with Gasteiger partial charge in [-0.25, -0.2) is 0 Å². The second kappa shape index (κ2) is 5.56. The van der Waals surface area contributed by atoms with Gasteiger partial charge in [0.05, 0.1) is 12.3 Å². The van der Waals surface area contributed by atoms with Crippen LogP contribution in [-0.2, 0) is 4.79 Å².